The van der Waals surface area contributed by atoms with Gasteiger partial charge in [0, 0.05) is 23.2 Å². The molecule has 3 aromatic rings. The summed E-state index contributed by atoms with van der Waals surface area (Å²) in [5, 5.41) is 4.69. The molecule has 1 atom stereocenters. The van der Waals surface area contributed by atoms with Crippen LogP contribution in [0.4, 0.5) is 8.78 Å². The van der Waals surface area contributed by atoms with Gasteiger partial charge >= 0.3 is 0 Å². The summed E-state index contributed by atoms with van der Waals surface area (Å²) >= 11 is 6.18. The number of hydrogen-bond donors (Lipinski definition) is 1. The van der Waals surface area contributed by atoms with Gasteiger partial charge in [-0.05, 0) is 31.5 Å². The molecule has 3 heterocycles. The molecule has 0 aliphatic carbocycles. The van der Waals surface area contributed by atoms with Crippen molar-refractivity contribution in [1.82, 2.24) is 14.5 Å². The second-order valence-electron chi connectivity index (χ2n) is 6.91. The first-order valence-corrected chi connectivity index (χ1v) is 9.43. The van der Waals surface area contributed by atoms with Gasteiger partial charge in [0.05, 0.1) is 29.5 Å². The number of nitrogens with zero attached hydrogens (tertiary/aromatic N) is 5. The minimum absolute atomic E-state index is 0.0943. The van der Waals surface area contributed by atoms with E-state index in [0.717, 1.165) is 0 Å². The topological polar surface area (TPSA) is 90.7 Å². The van der Waals surface area contributed by atoms with Crippen molar-refractivity contribution in [2.24, 2.45) is 15.9 Å². The maximum absolute atomic E-state index is 14.8. The van der Waals surface area contributed by atoms with Gasteiger partial charge in [0.15, 0.2) is 0 Å². The number of aliphatic imine (C=N–C) groups is 1. The van der Waals surface area contributed by atoms with Crippen molar-refractivity contribution in [3.05, 3.63) is 35.2 Å². The van der Waals surface area contributed by atoms with Gasteiger partial charge in [-0.25, -0.2) is 13.8 Å². The Balaban J connectivity index is 1.95. The fraction of sp³-hybridized carbons (Fsp3) is 0.368. The van der Waals surface area contributed by atoms with E-state index in [-0.39, 0.29) is 19.6 Å². The highest BCUT2D eigenvalue weighted by atomic mass is 35.5. The van der Waals surface area contributed by atoms with Gasteiger partial charge in [0.1, 0.15) is 24.0 Å². The molecule has 0 bridgehead atoms. The lowest BCUT2D eigenvalue weighted by Crippen LogP contribution is -2.41. The van der Waals surface area contributed by atoms with E-state index in [1.165, 1.54) is 6.21 Å². The van der Waals surface area contributed by atoms with Gasteiger partial charge in [0.2, 0.25) is 0 Å². The standard InChI is InChI=1S/C19H19ClF2N6O/c1-11(27-23)7-24-9-17-26-15-8-25-14-3-2-12(20)6-13(14)18(15)28(17)16-4-5-29-10-19(16,21)22/h2-3,6-8,16H,4-5,9-10,23H2,1H3. The first-order valence-electron chi connectivity index (χ1n) is 9.05. The predicted molar refractivity (Wildman–Crippen MR) is 109 cm³/mol. The number of benzene rings is 1. The summed E-state index contributed by atoms with van der Waals surface area (Å²) in [4.78, 5) is 13.2. The van der Waals surface area contributed by atoms with Crippen molar-refractivity contribution in [3.63, 3.8) is 0 Å². The van der Waals surface area contributed by atoms with E-state index in [0.29, 0.717) is 38.5 Å². The number of hydrogen-bond acceptors (Lipinski definition) is 6. The van der Waals surface area contributed by atoms with Gasteiger partial charge < -0.3 is 15.1 Å². The van der Waals surface area contributed by atoms with Crippen molar-refractivity contribution < 1.29 is 13.5 Å². The molecule has 1 unspecified atom stereocenters. The largest absolute Gasteiger partial charge is 0.375 e. The zero-order chi connectivity index (χ0) is 20.6. The Labute approximate surface area is 170 Å². The third kappa shape index (κ3) is 3.67. The smallest absolute Gasteiger partial charge is 0.291 e. The molecule has 4 rings (SSSR count). The number of alkyl halides is 2. The van der Waals surface area contributed by atoms with E-state index < -0.39 is 18.6 Å². The van der Waals surface area contributed by atoms with Crippen LogP contribution in [0.25, 0.3) is 21.9 Å². The number of rotatable bonds is 4. The molecule has 0 saturated carbocycles. The quantitative estimate of drug-likeness (QED) is 0.395. The Morgan fingerprint density at radius 3 is 3.03 bits per heavy atom. The molecule has 0 radical (unpaired) electrons. The Hall–Kier alpha value is -2.65. The van der Waals surface area contributed by atoms with Crippen molar-refractivity contribution in [3.8, 4) is 0 Å². The van der Waals surface area contributed by atoms with Crippen molar-refractivity contribution in [1.29, 1.82) is 0 Å². The Bertz CT molecular complexity index is 1130. The Morgan fingerprint density at radius 1 is 1.45 bits per heavy atom. The number of nitrogens with two attached hydrogens (primary N) is 1. The summed E-state index contributed by atoms with van der Waals surface area (Å²) in [5.74, 6) is 2.57. The Kier molecular flexibility index (Phi) is 5.18. The van der Waals surface area contributed by atoms with Crippen LogP contribution in [0, 0.1) is 0 Å². The van der Waals surface area contributed by atoms with E-state index >= 15 is 0 Å². The number of hydrazone groups is 1. The van der Waals surface area contributed by atoms with Crippen LogP contribution in [0.2, 0.25) is 5.02 Å². The number of fused-ring (bicyclic) bond motifs is 3. The van der Waals surface area contributed by atoms with Gasteiger partial charge in [-0.1, -0.05) is 11.6 Å². The zero-order valence-electron chi connectivity index (χ0n) is 15.6. The summed E-state index contributed by atoms with van der Waals surface area (Å²) in [6.45, 7) is 1.39. The van der Waals surface area contributed by atoms with E-state index in [1.54, 1.807) is 35.9 Å². The van der Waals surface area contributed by atoms with Crippen LogP contribution in [-0.4, -0.2) is 45.6 Å². The molecular weight excluding hydrogens is 402 g/mol. The Morgan fingerprint density at radius 2 is 2.28 bits per heavy atom. The summed E-state index contributed by atoms with van der Waals surface area (Å²) < 4.78 is 36.3. The molecule has 1 aliphatic rings. The number of pyridine rings is 1. The van der Waals surface area contributed by atoms with Gasteiger partial charge in [0.25, 0.3) is 5.92 Å². The first-order chi connectivity index (χ1) is 13.9. The molecule has 2 aromatic heterocycles. The summed E-state index contributed by atoms with van der Waals surface area (Å²) in [7, 11) is 0. The fourth-order valence-electron chi connectivity index (χ4n) is 3.57. The number of imidazole rings is 1. The summed E-state index contributed by atoms with van der Waals surface area (Å²) in [6.07, 6.45) is 3.22. The lowest BCUT2D eigenvalue weighted by Gasteiger charge is -2.33. The summed E-state index contributed by atoms with van der Waals surface area (Å²) in [5.41, 5.74) is 2.25. The van der Waals surface area contributed by atoms with Crippen molar-refractivity contribution in [2.75, 3.05) is 13.2 Å². The van der Waals surface area contributed by atoms with Gasteiger partial charge in [-0.2, -0.15) is 5.10 Å². The molecule has 1 fully saturated rings. The lowest BCUT2D eigenvalue weighted by atomic mass is 10.0. The van der Waals surface area contributed by atoms with Crippen LogP contribution >= 0.6 is 11.6 Å². The normalized spacial score (nSPS) is 20.1. The average molecular weight is 421 g/mol. The monoisotopic (exact) mass is 420 g/mol. The molecular formula is C19H19ClF2N6O. The molecule has 1 aromatic carbocycles. The molecule has 1 aliphatic heterocycles. The lowest BCUT2D eigenvalue weighted by molar-refractivity contribution is -0.147. The molecule has 0 spiro atoms. The molecule has 10 heteroatoms. The summed E-state index contributed by atoms with van der Waals surface area (Å²) in [6, 6.07) is 4.09. The highest BCUT2D eigenvalue weighted by Gasteiger charge is 2.45. The molecule has 152 valence electrons. The third-order valence-electron chi connectivity index (χ3n) is 4.89. The second-order valence-corrected chi connectivity index (χ2v) is 7.35. The van der Waals surface area contributed by atoms with Crippen LogP contribution in [0.5, 0.6) is 0 Å². The molecule has 2 N–H and O–H groups in total. The van der Waals surface area contributed by atoms with E-state index in [4.69, 9.17) is 22.2 Å². The van der Waals surface area contributed by atoms with Gasteiger partial charge in [-0.15, -0.1) is 0 Å². The van der Waals surface area contributed by atoms with Crippen LogP contribution in [-0.2, 0) is 11.3 Å². The first kappa shape index (κ1) is 19.7. The van der Waals surface area contributed by atoms with Crippen LogP contribution in [0.15, 0.2) is 34.5 Å². The fourth-order valence-corrected chi connectivity index (χ4v) is 3.74. The van der Waals surface area contributed by atoms with E-state index in [1.807, 2.05) is 0 Å². The van der Waals surface area contributed by atoms with Crippen molar-refractivity contribution >= 4 is 45.5 Å². The molecule has 0 amide bonds. The number of ether oxygens (including phenoxy) is 1. The van der Waals surface area contributed by atoms with Crippen LogP contribution in [0.3, 0.4) is 0 Å². The minimum Gasteiger partial charge on any atom is -0.375 e. The molecule has 29 heavy (non-hydrogen) atoms. The SMILES string of the molecule is CC(C=NCc1nc2cnc3ccc(Cl)cc3c2n1C1CCOCC1(F)F)=NN. The van der Waals surface area contributed by atoms with Crippen LogP contribution in [0.1, 0.15) is 25.2 Å². The third-order valence-corrected chi connectivity index (χ3v) is 5.13. The highest BCUT2D eigenvalue weighted by molar-refractivity contribution is 6.31. The van der Waals surface area contributed by atoms with Crippen molar-refractivity contribution in [2.45, 2.75) is 31.9 Å². The number of halogens is 3. The molecule has 7 nitrogen and oxygen atoms in total. The van der Waals surface area contributed by atoms with E-state index in [9.17, 15) is 8.78 Å². The van der Waals surface area contributed by atoms with Gasteiger partial charge in [-0.3, -0.25) is 9.98 Å². The molecule has 1 saturated heterocycles. The zero-order valence-corrected chi connectivity index (χ0v) is 16.4. The maximum atomic E-state index is 14.8. The maximum Gasteiger partial charge on any atom is 0.291 e. The highest BCUT2D eigenvalue weighted by Crippen LogP contribution is 2.40. The second kappa shape index (κ2) is 7.64. The average Bonchev–Trinajstić information content (AvgIpc) is 3.06. The minimum atomic E-state index is -3.05. The number of aromatic nitrogens is 3. The predicted octanol–water partition coefficient (Wildman–Crippen LogP) is 3.74. The van der Waals surface area contributed by atoms with E-state index in [2.05, 4.69) is 20.1 Å². The van der Waals surface area contributed by atoms with Crippen LogP contribution < -0.4 is 5.84 Å².